The van der Waals surface area contributed by atoms with Crippen LogP contribution in [0, 0.1) is 29.0 Å². The average molecular weight is 719 g/mol. The van der Waals surface area contributed by atoms with E-state index >= 15 is 4.39 Å². The number of fused-ring (bicyclic) bond motifs is 1. The van der Waals surface area contributed by atoms with Gasteiger partial charge in [-0.05, 0) is 31.9 Å². The molecule has 4 atom stereocenters. The molecule has 47 heavy (non-hydrogen) atoms. The van der Waals surface area contributed by atoms with E-state index in [0.29, 0.717) is 29.9 Å². The van der Waals surface area contributed by atoms with Crippen molar-refractivity contribution in [3.8, 4) is 17.3 Å². The minimum absolute atomic E-state index is 0.00803. The summed E-state index contributed by atoms with van der Waals surface area (Å²) >= 11 is 26.0. The van der Waals surface area contributed by atoms with Gasteiger partial charge < -0.3 is 15.5 Å². The van der Waals surface area contributed by atoms with Crippen molar-refractivity contribution < 1.29 is 9.18 Å². The smallest absolute Gasteiger partial charge is 0.272 e. The fraction of sp³-hybridized carbons (Fsp3) is 0.364. The van der Waals surface area contributed by atoms with Crippen molar-refractivity contribution in [1.82, 2.24) is 14.5 Å². The Labute approximate surface area is 291 Å². The molecule has 1 saturated heterocycles. The molecular weight excluding hydrogens is 687 g/mol. The van der Waals surface area contributed by atoms with Crippen molar-refractivity contribution in [2.45, 2.75) is 52.7 Å². The maximum absolute atomic E-state index is 15.2. The Kier molecular flexibility index (Phi) is 9.69. The minimum Gasteiger partial charge on any atom is -0.396 e. The predicted octanol–water partition coefficient (Wildman–Crippen LogP) is 7.68. The summed E-state index contributed by atoms with van der Waals surface area (Å²) in [5.41, 5.74) is 6.10. The molecular formula is C33H32Cl4FN7O2. The van der Waals surface area contributed by atoms with Crippen molar-refractivity contribution in [2.24, 2.45) is 16.8 Å². The number of benzene rings is 1. The molecule has 2 aliphatic heterocycles. The largest absolute Gasteiger partial charge is 0.396 e. The minimum atomic E-state index is -1.00. The lowest BCUT2D eigenvalue weighted by atomic mass is 9.88. The van der Waals surface area contributed by atoms with Crippen molar-refractivity contribution in [3.05, 3.63) is 72.8 Å². The Morgan fingerprint density at radius 1 is 1.15 bits per heavy atom. The van der Waals surface area contributed by atoms with Crippen LogP contribution in [0.2, 0.25) is 20.1 Å². The lowest BCUT2D eigenvalue weighted by Gasteiger charge is -2.45. The Bertz CT molecular complexity index is 1960. The quantitative estimate of drug-likeness (QED) is 0.125. The van der Waals surface area contributed by atoms with Crippen LogP contribution in [0.15, 0.2) is 40.8 Å². The topological polar surface area (TPSA) is 121 Å². The zero-order valence-electron chi connectivity index (χ0n) is 26.3. The number of amides is 1. The van der Waals surface area contributed by atoms with Gasteiger partial charge in [0.25, 0.3) is 5.56 Å². The van der Waals surface area contributed by atoms with Crippen LogP contribution in [0.4, 0.5) is 15.8 Å². The first-order valence-corrected chi connectivity index (χ1v) is 16.4. The van der Waals surface area contributed by atoms with Crippen LogP contribution in [0.25, 0.3) is 22.3 Å². The molecule has 0 unspecified atom stereocenters. The summed E-state index contributed by atoms with van der Waals surface area (Å²) in [6, 6.07) is 2.49. The van der Waals surface area contributed by atoms with E-state index < -0.39 is 27.5 Å². The summed E-state index contributed by atoms with van der Waals surface area (Å²) in [4.78, 5) is 40.4. The van der Waals surface area contributed by atoms with E-state index in [1.54, 1.807) is 17.2 Å². The second kappa shape index (κ2) is 13.1. The molecule has 0 spiro atoms. The molecule has 9 nitrogen and oxygen atoms in total. The lowest BCUT2D eigenvalue weighted by molar-refractivity contribution is -0.130. The third kappa shape index (κ3) is 5.67. The fourth-order valence-corrected chi connectivity index (χ4v) is 7.77. The van der Waals surface area contributed by atoms with Gasteiger partial charge >= 0.3 is 0 Å². The summed E-state index contributed by atoms with van der Waals surface area (Å²) < 4.78 is 16.6. The maximum atomic E-state index is 15.2. The molecule has 3 aromatic rings. The number of rotatable bonds is 5. The summed E-state index contributed by atoms with van der Waals surface area (Å²) in [5, 5.41) is 9.89. The number of pyridine rings is 2. The second-order valence-corrected chi connectivity index (χ2v) is 13.7. The SMILES string of the molecule is C=CC(=O)N1[C@H](C)CN(c2c(C#N)c(=O)n([C@H]3C(C(C)C)=NC=C[C@H]3C)c3nc(-c4c(Cl)c(N)c(Cl)c(F)c4Cl)c(Cl)cc23)C[C@@H]1C. The molecule has 14 heteroatoms. The number of nitrogens with zero attached hydrogens (tertiary/aromatic N) is 6. The van der Waals surface area contributed by atoms with Crippen LogP contribution < -0.4 is 16.2 Å². The highest BCUT2D eigenvalue weighted by Gasteiger charge is 2.37. The zero-order chi connectivity index (χ0) is 34.6. The van der Waals surface area contributed by atoms with E-state index in [1.165, 1.54) is 10.6 Å². The van der Waals surface area contributed by atoms with E-state index in [-0.39, 0.29) is 68.0 Å². The third-order valence-corrected chi connectivity index (χ3v) is 10.1. The number of nitrogen functional groups attached to an aromatic ring is 1. The van der Waals surface area contributed by atoms with Gasteiger partial charge in [-0.2, -0.15) is 5.26 Å². The Morgan fingerprint density at radius 2 is 1.79 bits per heavy atom. The van der Waals surface area contributed by atoms with Crippen molar-refractivity contribution in [3.63, 3.8) is 0 Å². The van der Waals surface area contributed by atoms with E-state index in [2.05, 4.69) is 17.6 Å². The number of aromatic nitrogens is 2. The molecule has 2 aromatic heterocycles. The highest BCUT2D eigenvalue weighted by atomic mass is 35.5. The van der Waals surface area contributed by atoms with Crippen LogP contribution in [0.1, 0.15) is 46.2 Å². The maximum Gasteiger partial charge on any atom is 0.272 e. The van der Waals surface area contributed by atoms with Crippen LogP contribution in [0.5, 0.6) is 0 Å². The molecule has 246 valence electrons. The lowest BCUT2D eigenvalue weighted by Crippen LogP contribution is -2.58. The molecule has 4 heterocycles. The second-order valence-electron chi connectivity index (χ2n) is 12.2. The number of nitriles is 1. The van der Waals surface area contributed by atoms with E-state index in [4.69, 9.17) is 57.1 Å². The van der Waals surface area contributed by atoms with Crippen LogP contribution in [-0.4, -0.2) is 51.2 Å². The molecule has 0 bridgehead atoms. The van der Waals surface area contributed by atoms with Gasteiger partial charge in [-0.1, -0.05) is 79.8 Å². The number of carbonyl (C=O) groups is 1. The molecule has 0 radical (unpaired) electrons. The van der Waals surface area contributed by atoms with E-state index in [0.717, 1.165) is 0 Å². The van der Waals surface area contributed by atoms with E-state index in [9.17, 15) is 14.9 Å². The normalized spacial score (nSPS) is 21.3. The van der Waals surface area contributed by atoms with E-state index in [1.807, 2.05) is 45.6 Å². The number of aliphatic imine (C=N–C) groups is 1. The number of piperazine rings is 1. The highest BCUT2D eigenvalue weighted by molar-refractivity contribution is 6.46. The number of halogens is 5. The number of nitrogens with two attached hydrogens (primary N) is 1. The first kappa shape index (κ1) is 34.7. The van der Waals surface area contributed by atoms with Crippen molar-refractivity contribution >= 4 is 80.4 Å². The number of allylic oxidation sites excluding steroid dienone is 1. The summed E-state index contributed by atoms with van der Waals surface area (Å²) in [5.74, 6) is -1.52. The number of carbonyl (C=O) groups excluding carboxylic acids is 1. The monoisotopic (exact) mass is 717 g/mol. The third-order valence-electron chi connectivity index (χ3n) is 8.70. The summed E-state index contributed by atoms with van der Waals surface area (Å²) in [7, 11) is 0. The van der Waals surface area contributed by atoms with Gasteiger partial charge in [-0.15, -0.1) is 0 Å². The standard InChI is InChI=1S/C33H32Cl4FN7O2/c1-7-21(46)44-16(5)12-43(13-17(44)6)31-18-10-20(34)29(22-23(35)26(38)25(37)27(40)24(22)36)42-32(18)45(33(47)19(31)11-39)30-15(4)8-9-41-28(30)14(2)3/h7-10,14-17,30H,1,12-13,40H2,2-6H3/t15-,16-,17+,30-/m1/s1. The van der Waals surface area contributed by atoms with Gasteiger partial charge in [0.05, 0.1) is 38.2 Å². The van der Waals surface area contributed by atoms with Gasteiger partial charge in [0.15, 0.2) is 5.82 Å². The molecule has 0 saturated carbocycles. The average Bonchev–Trinajstić information content (AvgIpc) is 3.02. The number of hydrogen-bond donors (Lipinski definition) is 1. The molecule has 1 fully saturated rings. The summed E-state index contributed by atoms with van der Waals surface area (Å²) in [6.45, 7) is 13.9. The Hall–Kier alpha value is -3.62. The van der Waals surface area contributed by atoms with Crippen LogP contribution in [0.3, 0.4) is 0 Å². The highest BCUT2D eigenvalue weighted by Crippen LogP contribution is 2.47. The Morgan fingerprint density at radius 3 is 2.36 bits per heavy atom. The van der Waals surface area contributed by atoms with Crippen LogP contribution in [-0.2, 0) is 4.79 Å². The predicted molar refractivity (Wildman–Crippen MR) is 188 cm³/mol. The molecule has 5 rings (SSSR count). The molecule has 1 aromatic carbocycles. The van der Waals surface area contributed by atoms with Crippen LogP contribution >= 0.6 is 46.4 Å². The first-order chi connectivity index (χ1) is 22.2. The molecule has 0 aliphatic carbocycles. The van der Waals surface area contributed by atoms with Gasteiger partial charge in [0.1, 0.15) is 22.3 Å². The molecule has 2 aliphatic rings. The fourth-order valence-electron chi connectivity index (χ4n) is 6.63. The van der Waals surface area contributed by atoms with Gasteiger partial charge in [-0.25, -0.2) is 9.37 Å². The van der Waals surface area contributed by atoms with Gasteiger partial charge in [0.2, 0.25) is 5.91 Å². The van der Waals surface area contributed by atoms with Crippen molar-refractivity contribution in [2.75, 3.05) is 23.7 Å². The molecule has 1 amide bonds. The number of anilines is 2. The number of hydrogen-bond acceptors (Lipinski definition) is 7. The zero-order valence-corrected chi connectivity index (χ0v) is 29.3. The first-order valence-electron chi connectivity index (χ1n) is 14.9. The van der Waals surface area contributed by atoms with Gasteiger partial charge in [-0.3, -0.25) is 19.1 Å². The van der Waals surface area contributed by atoms with Gasteiger partial charge in [0, 0.05) is 54.0 Å². The molecule has 2 N–H and O–H groups in total. The Balaban J connectivity index is 1.91. The summed E-state index contributed by atoms with van der Waals surface area (Å²) in [6.07, 6.45) is 4.83. The van der Waals surface area contributed by atoms with Crippen molar-refractivity contribution in [1.29, 1.82) is 5.26 Å².